The Morgan fingerprint density at radius 2 is 1.89 bits per heavy atom. The van der Waals surface area contributed by atoms with Crippen LogP contribution in [-0.2, 0) is 21.4 Å². The number of benzene rings is 1. The highest BCUT2D eigenvalue weighted by Crippen LogP contribution is 2.30. The monoisotopic (exact) mass is 424 g/mol. The molecule has 0 spiro atoms. The van der Waals surface area contributed by atoms with E-state index in [-0.39, 0.29) is 22.5 Å². The number of carbonyl (C=O) groups excluding carboxylic acids is 1. The summed E-state index contributed by atoms with van der Waals surface area (Å²) in [4.78, 5) is 12.6. The molecule has 5 nitrogen and oxygen atoms in total. The summed E-state index contributed by atoms with van der Waals surface area (Å²) >= 11 is 2.51. The first-order chi connectivity index (χ1) is 12.8. The van der Waals surface area contributed by atoms with Crippen molar-refractivity contribution in [1.29, 1.82) is 0 Å². The van der Waals surface area contributed by atoms with E-state index in [4.69, 9.17) is 0 Å². The SMILES string of the molecule is CC(=O)NCc1ccc(S(=O)(=O)NC(c2ccc(F)cc2)c2cccs2)s1. The van der Waals surface area contributed by atoms with Crippen molar-refractivity contribution >= 4 is 38.6 Å². The van der Waals surface area contributed by atoms with E-state index in [1.54, 1.807) is 18.2 Å². The van der Waals surface area contributed by atoms with Gasteiger partial charge in [0.25, 0.3) is 10.0 Å². The summed E-state index contributed by atoms with van der Waals surface area (Å²) in [6.07, 6.45) is 0. The summed E-state index contributed by atoms with van der Waals surface area (Å²) in [6, 6.07) is 12.0. The number of sulfonamides is 1. The first kappa shape index (κ1) is 19.7. The normalized spacial score (nSPS) is 12.7. The van der Waals surface area contributed by atoms with Gasteiger partial charge in [-0.2, -0.15) is 4.72 Å². The second-order valence-electron chi connectivity index (χ2n) is 5.75. The van der Waals surface area contributed by atoms with E-state index in [0.717, 1.165) is 21.1 Å². The van der Waals surface area contributed by atoms with E-state index in [0.29, 0.717) is 5.56 Å². The topological polar surface area (TPSA) is 75.3 Å². The molecule has 3 rings (SSSR count). The van der Waals surface area contributed by atoms with Crippen LogP contribution in [0.2, 0.25) is 0 Å². The third-order valence-electron chi connectivity index (χ3n) is 3.72. The van der Waals surface area contributed by atoms with Crippen molar-refractivity contribution in [1.82, 2.24) is 10.0 Å². The van der Waals surface area contributed by atoms with Crippen molar-refractivity contribution in [3.05, 3.63) is 75.0 Å². The molecule has 0 radical (unpaired) electrons. The molecule has 2 aromatic heterocycles. The van der Waals surface area contributed by atoms with Gasteiger partial charge in [-0.05, 0) is 41.3 Å². The fourth-order valence-corrected chi connectivity index (χ4v) is 5.82. The number of hydrogen-bond acceptors (Lipinski definition) is 5. The summed E-state index contributed by atoms with van der Waals surface area (Å²) in [5.41, 5.74) is 0.650. The van der Waals surface area contributed by atoms with Crippen LogP contribution in [0.4, 0.5) is 4.39 Å². The van der Waals surface area contributed by atoms with Gasteiger partial charge >= 0.3 is 0 Å². The van der Waals surface area contributed by atoms with Crippen LogP contribution in [0.25, 0.3) is 0 Å². The molecule has 0 aliphatic carbocycles. The predicted molar refractivity (Wildman–Crippen MR) is 105 cm³/mol. The maximum absolute atomic E-state index is 13.3. The molecule has 1 aromatic carbocycles. The Kier molecular flexibility index (Phi) is 6.05. The van der Waals surface area contributed by atoms with Crippen molar-refractivity contribution in [2.45, 2.75) is 23.7 Å². The molecule has 0 aliphatic heterocycles. The number of carbonyl (C=O) groups is 1. The number of halogens is 1. The number of thiophene rings is 2. The second-order valence-corrected chi connectivity index (χ2v) is 9.84. The van der Waals surface area contributed by atoms with E-state index in [1.165, 1.54) is 36.5 Å². The van der Waals surface area contributed by atoms with Gasteiger partial charge in [0.1, 0.15) is 10.0 Å². The molecule has 1 unspecified atom stereocenters. The van der Waals surface area contributed by atoms with E-state index >= 15 is 0 Å². The lowest BCUT2D eigenvalue weighted by molar-refractivity contribution is -0.119. The van der Waals surface area contributed by atoms with Gasteiger partial charge < -0.3 is 5.32 Å². The Morgan fingerprint density at radius 1 is 1.15 bits per heavy atom. The third kappa shape index (κ3) is 5.01. The molecular weight excluding hydrogens is 407 g/mol. The fraction of sp³-hybridized carbons (Fsp3) is 0.167. The fourth-order valence-electron chi connectivity index (χ4n) is 2.42. The molecule has 1 atom stereocenters. The van der Waals surface area contributed by atoms with Crippen molar-refractivity contribution in [3.63, 3.8) is 0 Å². The lowest BCUT2D eigenvalue weighted by Gasteiger charge is -2.17. The minimum Gasteiger partial charge on any atom is -0.351 e. The highest BCUT2D eigenvalue weighted by molar-refractivity contribution is 7.91. The maximum atomic E-state index is 13.3. The van der Waals surface area contributed by atoms with Crippen molar-refractivity contribution in [2.75, 3.05) is 0 Å². The Morgan fingerprint density at radius 3 is 2.52 bits per heavy atom. The van der Waals surface area contributed by atoms with Gasteiger partial charge in [-0.25, -0.2) is 12.8 Å². The van der Waals surface area contributed by atoms with Crippen LogP contribution >= 0.6 is 22.7 Å². The van der Waals surface area contributed by atoms with Crippen LogP contribution in [-0.4, -0.2) is 14.3 Å². The van der Waals surface area contributed by atoms with Gasteiger partial charge in [0.2, 0.25) is 5.91 Å². The van der Waals surface area contributed by atoms with Gasteiger partial charge in [0.05, 0.1) is 12.6 Å². The molecule has 2 N–H and O–H groups in total. The number of rotatable bonds is 7. The first-order valence-corrected chi connectivity index (χ1v) is 11.2. The molecule has 9 heteroatoms. The number of amides is 1. The van der Waals surface area contributed by atoms with Crippen LogP contribution in [0.5, 0.6) is 0 Å². The molecule has 3 aromatic rings. The average molecular weight is 425 g/mol. The summed E-state index contributed by atoms with van der Waals surface area (Å²) in [6.45, 7) is 1.68. The molecule has 0 bridgehead atoms. The van der Waals surface area contributed by atoms with Gasteiger partial charge in [0.15, 0.2) is 0 Å². The summed E-state index contributed by atoms with van der Waals surface area (Å²) in [7, 11) is -3.79. The molecule has 0 saturated heterocycles. The van der Waals surface area contributed by atoms with E-state index < -0.39 is 16.1 Å². The van der Waals surface area contributed by atoms with E-state index in [9.17, 15) is 17.6 Å². The number of hydrogen-bond donors (Lipinski definition) is 2. The van der Waals surface area contributed by atoms with Gasteiger partial charge in [-0.1, -0.05) is 18.2 Å². The van der Waals surface area contributed by atoms with Crippen LogP contribution < -0.4 is 10.0 Å². The lowest BCUT2D eigenvalue weighted by atomic mass is 10.1. The van der Waals surface area contributed by atoms with Crippen LogP contribution in [0.3, 0.4) is 0 Å². The molecule has 0 fully saturated rings. The highest BCUT2D eigenvalue weighted by atomic mass is 32.2. The lowest BCUT2D eigenvalue weighted by Crippen LogP contribution is -2.28. The minimum absolute atomic E-state index is 0.159. The molecule has 1 amide bonds. The van der Waals surface area contributed by atoms with Gasteiger partial charge in [0, 0.05) is 16.7 Å². The largest absolute Gasteiger partial charge is 0.351 e. The first-order valence-electron chi connectivity index (χ1n) is 7.99. The summed E-state index contributed by atoms with van der Waals surface area (Å²) in [5.74, 6) is -0.563. The van der Waals surface area contributed by atoms with Gasteiger partial charge in [-0.15, -0.1) is 22.7 Å². The Hall–Kier alpha value is -2.07. The maximum Gasteiger partial charge on any atom is 0.250 e. The standard InChI is InChI=1S/C18H17FN2O3S3/c1-12(22)20-11-15-8-9-17(26-15)27(23,24)21-18(16-3-2-10-25-16)13-4-6-14(19)7-5-13/h2-10,18,21H,11H2,1H3,(H,20,22). The molecule has 142 valence electrons. The molecule has 0 aliphatic rings. The van der Waals surface area contributed by atoms with E-state index in [1.807, 2.05) is 17.5 Å². The zero-order valence-corrected chi connectivity index (χ0v) is 16.8. The van der Waals surface area contributed by atoms with Crippen LogP contribution in [0, 0.1) is 5.82 Å². The summed E-state index contributed by atoms with van der Waals surface area (Å²) < 4.78 is 41.9. The summed E-state index contributed by atoms with van der Waals surface area (Å²) in [5, 5.41) is 4.50. The van der Waals surface area contributed by atoms with Crippen LogP contribution in [0.15, 0.2) is 58.1 Å². The zero-order chi connectivity index (χ0) is 19.4. The zero-order valence-electron chi connectivity index (χ0n) is 14.3. The Labute approximate surface area is 164 Å². The van der Waals surface area contributed by atoms with E-state index in [2.05, 4.69) is 10.0 Å². The van der Waals surface area contributed by atoms with Crippen molar-refractivity contribution < 1.29 is 17.6 Å². The molecule has 27 heavy (non-hydrogen) atoms. The molecular formula is C18H17FN2O3S3. The minimum atomic E-state index is -3.79. The molecule has 0 saturated carbocycles. The van der Waals surface area contributed by atoms with Gasteiger partial charge in [-0.3, -0.25) is 4.79 Å². The smallest absolute Gasteiger partial charge is 0.250 e. The Balaban J connectivity index is 1.86. The average Bonchev–Trinajstić information content (AvgIpc) is 3.31. The quantitative estimate of drug-likeness (QED) is 0.608. The van der Waals surface area contributed by atoms with Crippen molar-refractivity contribution in [2.24, 2.45) is 0 Å². The number of nitrogens with one attached hydrogen (secondary N) is 2. The molecule has 2 heterocycles. The highest BCUT2D eigenvalue weighted by Gasteiger charge is 2.25. The predicted octanol–water partition coefficient (Wildman–Crippen LogP) is 3.65. The third-order valence-corrected chi connectivity index (χ3v) is 7.65. The Bertz CT molecular complexity index is 1010. The van der Waals surface area contributed by atoms with Crippen molar-refractivity contribution in [3.8, 4) is 0 Å². The second kappa shape index (κ2) is 8.30. The van der Waals surface area contributed by atoms with Crippen LogP contribution in [0.1, 0.15) is 28.3 Å².